The van der Waals surface area contributed by atoms with Crippen molar-refractivity contribution in [2.75, 3.05) is 5.32 Å². The molecular weight excluding hydrogens is 252 g/mol. The smallest absolute Gasteiger partial charge is 0.261 e. The average Bonchev–Trinajstić information content (AvgIpc) is 2.78. The Hall–Kier alpha value is -2.21. The first-order valence-corrected chi connectivity index (χ1v) is 5.95. The summed E-state index contributed by atoms with van der Waals surface area (Å²) in [5.41, 5.74) is 0.164. The van der Waals surface area contributed by atoms with Crippen LogP contribution in [0.4, 0.5) is 5.13 Å². The zero-order valence-electron chi connectivity index (χ0n) is 9.51. The van der Waals surface area contributed by atoms with Crippen LogP contribution in [0.1, 0.15) is 27.0 Å². The van der Waals surface area contributed by atoms with Crippen LogP contribution < -0.4 is 5.32 Å². The molecule has 5 nitrogen and oxygen atoms in total. The van der Waals surface area contributed by atoms with Crippen LogP contribution in [0, 0.1) is 0 Å². The molecule has 1 amide bonds. The number of hydrogen-bond donors (Lipinski definition) is 2. The Morgan fingerprint density at radius 1 is 1.33 bits per heavy atom. The fraction of sp³-hybridized carbons (Fsp3) is 0.0833. The predicted octanol–water partition coefficient (Wildman–Crippen LogP) is 2.30. The van der Waals surface area contributed by atoms with E-state index < -0.39 is 5.91 Å². The van der Waals surface area contributed by atoms with Crippen molar-refractivity contribution in [3.63, 3.8) is 0 Å². The van der Waals surface area contributed by atoms with Gasteiger partial charge in [-0.25, -0.2) is 4.98 Å². The minimum absolute atomic E-state index is 0.0988. The summed E-state index contributed by atoms with van der Waals surface area (Å²) in [5.74, 6) is -0.661. The van der Waals surface area contributed by atoms with Gasteiger partial charge in [0.25, 0.3) is 5.91 Å². The lowest BCUT2D eigenvalue weighted by molar-refractivity contribution is 0.101. The van der Waals surface area contributed by atoms with Crippen LogP contribution in [0.15, 0.2) is 30.5 Å². The normalized spacial score (nSPS) is 10.1. The summed E-state index contributed by atoms with van der Waals surface area (Å²) in [7, 11) is 0. The molecule has 2 aromatic rings. The molecule has 0 aliphatic heterocycles. The molecule has 0 atom stereocenters. The number of nitrogens with zero attached hydrogens (tertiary/aromatic N) is 1. The Morgan fingerprint density at radius 2 is 2.06 bits per heavy atom. The zero-order chi connectivity index (χ0) is 13.1. The van der Waals surface area contributed by atoms with Crippen molar-refractivity contribution >= 4 is 28.2 Å². The highest BCUT2D eigenvalue weighted by atomic mass is 32.1. The second-order valence-corrected chi connectivity index (χ2v) is 4.59. The van der Waals surface area contributed by atoms with Crippen molar-refractivity contribution in [3.05, 3.63) is 40.9 Å². The summed E-state index contributed by atoms with van der Waals surface area (Å²) in [6.45, 7) is 1.43. The molecule has 0 saturated heterocycles. The first-order valence-electron chi connectivity index (χ1n) is 5.14. The molecule has 0 bridgehead atoms. The Labute approximate surface area is 107 Å². The monoisotopic (exact) mass is 262 g/mol. The van der Waals surface area contributed by atoms with Crippen LogP contribution in [0.5, 0.6) is 5.75 Å². The molecule has 0 spiro atoms. The molecule has 0 fully saturated rings. The van der Waals surface area contributed by atoms with E-state index in [9.17, 15) is 14.7 Å². The quantitative estimate of drug-likeness (QED) is 0.832. The number of anilines is 1. The highest BCUT2D eigenvalue weighted by molar-refractivity contribution is 7.17. The van der Waals surface area contributed by atoms with Crippen LogP contribution in [-0.2, 0) is 0 Å². The van der Waals surface area contributed by atoms with Crippen LogP contribution in [0.25, 0.3) is 0 Å². The lowest BCUT2D eigenvalue weighted by Crippen LogP contribution is -2.11. The van der Waals surface area contributed by atoms with Gasteiger partial charge in [-0.3, -0.25) is 14.9 Å². The number of ketones is 1. The van der Waals surface area contributed by atoms with E-state index in [-0.39, 0.29) is 17.1 Å². The summed E-state index contributed by atoms with van der Waals surface area (Å²) < 4.78 is 0. The van der Waals surface area contributed by atoms with Crippen molar-refractivity contribution in [3.8, 4) is 5.75 Å². The molecule has 0 radical (unpaired) electrons. The van der Waals surface area contributed by atoms with Gasteiger partial charge in [0.2, 0.25) is 0 Å². The van der Waals surface area contributed by atoms with E-state index in [0.29, 0.717) is 10.0 Å². The molecule has 6 heteroatoms. The van der Waals surface area contributed by atoms with Gasteiger partial charge in [-0.05, 0) is 12.1 Å². The summed E-state index contributed by atoms with van der Waals surface area (Å²) >= 11 is 1.10. The maximum Gasteiger partial charge on any atom is 0.261 e. The van der Waals surface area contributed by atoms with Crippen LogP contribution >= 0.6 is 11.3 Å². The molecule has 0 aliphatic rings. The number of nitrogens with one attached hydrogen (secondary N) is 1. The SMILES string of the molecule is CC(=O)c1cnc(NC(=O)c2ccccc2O)s1. The predicted molar refractivity (Wildman–Crippen MR) is 68.2 cm³/mol. The molecule has 18 heavy (non-hydrogen) atoms. The molecule has 1 aromatic heterocycles. The average molecular weight is 262 g/mol. The number of phenols is 1. The summed E-state index contributed by atoms with van der Waals surface area (Å²) in [5, 5.41) is 12.4. The third kappa shape index (κ3) is 2.54. The van der Waals surface area contributed by atoms with Crippen molar-refractivity contribution in [1.82, 2.24) is 4.98 Å². The highest BCUT2D eigenvalue weighted by Gasteiger charge is 2.13. The van der Waals surface area contributed by atoms with Gasteiger partial charge in [0.15, 0.2) is 10.9 Å². The number of benzene rings is 1. The summed E-state index contributed by atoms with van der Waals surface area (Å²) in [6.07, 6.45) is 1.41. The van der Waals surface area contributed by atoms with E-state index in [0.717, 1.165) is 11.3 Å². The lowest BCUT2D eigenvalue weighted by Gasteiger charge is -2.03. The molecule has 1 aromatic carbocycles. The van der Waals surface area contributed by atoms with Crippen molar-refractivity contribution in [1.29, 1.82) is 0 Å². The van der Waals surface area contributed by atoms with Gasteiger partial charge in [0.1, 0.15) is 5.75 Å². The molecule has 2 rings (SSSR count). The molecular formula is C12H10N2O3S. The zero-order valence-corrected chi connectivity index (χ0v) is 10.3. The first-order chi connectivity index (χ1) is 8.58. The fourth-order valence-electron chi connectivity index (χ4n) is 1.32. The molecule has 0 aliphatic carbocycles. The number of hydrogen-bond acceptors (Lipinski definition) is 5. The Morgan fingerprint density at radius 3 is 2.67 bits per heavy atom. The van der Waals surface area contributed by atoms with Crippen LogP contribution in [0.3, 0.4) is 0 Å². The van der Waals surface area contributed by atoms with Crippen molar-refractivity contribution in [2.45, 2.75) is 6.92 Å². The summed E-state index contributed by atoms with van der Waals surface area (Å²) in [6, 6.07) is 6.21. The highest BCUT2D eigenvalue weighted by Crippen LogP contribution is 2.21. The summed E-state index contributed by atoms with van der Waals surface area (Å²) in [4.78, 5) is 27.3. The minimum atomic E-state index is -0.461. The van der Waals surface area contributed by atoms with E-state index >= 15 is 0 Å². The van der Waals surface area contributed by atoms with Crippen LogP contribution in [0.2, 0.25) is 0 Å². The first kappa shape index (κ1) is 12.3. The fourth-order valence-corrected chi connectivity index (χ4v) is 2.03. The number of carbonyl (C=O) groups is 2. The third-order valence-electron chi connectivity index (χ3n) is 2.22. The maximum atomic E-state index is 11.8. The molecule has 1 heterocycles. The largest absolute Gasteiger partial charge is 0.507 e. The topological polar surface area (TPSA) is 79.3 Å². The van der Waals surface area contributed by atoms with Gasteiger partial charge in [-0.1, -0.05) is 23.5 Å². The minimum Gasteiger partial charge on any atom is -0.507 e. The van der Waals surface area contributed by atoms with E-state index in [4.69, 9.17) is 0 Å². The maximum absolute atomic E-state index is 11.8. The second-order valence-electron chi connectivity index (χ2n) is 3.56. The number of aromatic hydroxyl groups is 1. The number of aromatic nitrogens is 1. The van der Waals surface area contributed by atoms with Gasteiger partial charge in [-0.2, -0.15) is 0 Å². The van der Waals surface area contributed by atoms with Gasteiger partial charge < -0.3 is 5.11 Å². The van der Waals surface area contributed by atoms with E-state index in [1.165, 1.54) is 25.3 Å². The van der Waals surface area contributed by atoms with E-state index in [1.54, 1.807) is 12.1 Å². The van der Waals surface area contributed by atoms with Crippen LogP contribution in [-0.4, -0.2) is 21.8 Å². The van der Waals surface area contributed by atoms with Crippen molar-refractivity contribution in [2.24, 2.45) is 0 Å². The van der Waals surface area contributed by atoms with Gasteiger partial charge >= 0.3 is 0 Å². The third-order valence-corrected chi connectivity index (χ3v) is 3.24. The number of phenolic OH excluding ortho intramolecular Hbond substituents is 1. The second kappa shape index (κ2) is 4.97. The Bertz CT molecular complexity index is 607. The number of Topliss-reactive ketones (excluding diaryl/α,β-unsaturated/α-hetero) is 1. The van der Waals surface area contributed by atoms with Crippen molar-refractivity contribution < 1.29 is 14.7 Å². The van der Waals surface area contributed by atoms with Gasteiger partial charge in [0, 0.05) is 6.92 Å². The molecule has 0 unspecified atom stereocenters. The Balaban J connectivity index is 2.16. The number of carbonyl (C=O) groups excluding carboxylic acids is 2. The molecule has 2 N–H and O–H groups in total. The lowest BCUT2D eigenvalue weighted by atomic mass is 10.2. The molecule has 92 valence electrons. The number of para-hydroxylation sites is 1. The standard InChI is InChI=1S/C12H10N2O3S/c1-7(15)10-6-13-12(18-10)14-11(17)8-4-2-3-5-9(8)16/h2-6,16H,1H3,(H,13,14,17). The number of thiazole rings is 1. The van der Waals surface area contributed by atoms with Gasteiger partial charge in [-0.15, -0.1) is 0 Å². The number of rotatable bonds is 3. The van der Waals surface area contributed by atoms with E-state index in [2.05, 4.69) is 10.3 Å². The van der Waals surface area contributed by atoms with E-state index in [1.807, 2.05) is 0 Å². The van der Waals surface area contributed by atoms with Gasteiger partial charge in [0.05, 0.1) is 16.6 Å². The Kier molecular flexibility index (Phi) is 3.38. The molecule has 0 saturated carbocycles. The number of amides is 1.